The van der Waals surface area contributed by atoms with E-state index in [1.165, 1.54) is 12.1 Å². The molecule has 0 aliphatic rings. The van der Waals surface area contributed by atoms with Gasteiger partial charge in [0.15, 0.2) is 0 Å². The number of hydrogen-bond acceptors (Lipinski definition) is 2. The van der Waals surface area contributed by atoms with Crippen molar-refractivity contribution in [3.05, 3.63) is 64.5 Å². The summed E-state index contributed by atoms with van der Waals surface area (Å²) >= 11 is 0. The molecule has 1 unspecified atom stereocenters. The zero-order chi connectivity index (χ0) is 14.0. The summed E-state index contributed by atoms with van der Waals surface area (Å²) in [5.41, 5.74) is 2.74. The molecule has 0 spiro atoms. The van der Waals surface area contributed by atoms with Gasteiger partial charge in [-0.15, -0.1) is 0 Å². The smallest absolute Gasteiger partial charge is 0.126 e. The highest BCUT2D eigenvalue weighted by Crippen LogP contribution is 2.20. The van der Waals surface area contributed by atoms with E-state index in [2.05, 4.69) is 4.98 Å². The van der Waals surface area contributed by atoms with E-state index < -0.39 is 17.7 Å². The Bertz CT molecular complexity index is 558. The van der Waals surface area contributed by atoms with E-state index in [-0.39, 0.29) is 6.42 Å². The molecule has 1 atom stereocenters. The van der Waals surface area contributed by atoms with Crippen molar-refractivity contribution in [1.82, 2.24) is 4.98 Å². The summed E-state index contributed by atoms with van der Waals surface area (Å²) in [6.07, 6.45) is -0.640. The SMILES string of the molecule is Cc1cc(C(O)Cc2cc(F)cc(F)c2)cc(C)n1. The van der Waals surface area contributed by atoms with Gasteiger partial charge in [-0.1, -0.05) is 0 Å². The third kappa shape index (κ3) is 3.58. The van der Waals surface area contributed by atoms with Crippen LogP contribution in [0.1, 0.15) is 28.6 Å². The van der Waals surface area contributed by atoms with Gasteiger partial charge in [0.25, 0.3) is 0 Å². The summed E-state index contributed by atoms with van der Waals surface area (Å²) in [4.78, 5) is 4.22. The summed E-state index contributed by atoms with van der Waals surface area (Å²) in [6.45, 7) is 3.68. The van der Waals surface area contributed by atoms with Crippen LogP contribution in [0.15, 0.2) is 30.3 Å². The monoisotopic (exact) mass is 263 g/mol. The van der Waals surface area contributed by atoms with Gasteiger partial charge >= 0.3 is 0 Å². The Labute approximate surface area is 110 Å². The molecule has 0 aliphatic heterocycles. The molecule has 2 aromatic rings. The minimum absolute atomic E-state index is 0.164. The summed E-state index contributed by atoms with van der Waals surface area (Å²) in [5, 5.41) is 10.1. The number of nitrogens with zero attached hydrogens (tertiary/aromatic N) is 1. The summed E-state index contributed by atoms with van der Waals surface area (Å²) in [6, 6.07) is 6.82. The maximum absolute atomic E-state index is 13.1. The summed E-state index contributed by atoms with van der Waals surface area (Å²) in [5.74, 6) is -1.27. The minimum Gasteiger partial charge on any atom is -0.388 e. The highest BCUT2D eigenvalue weighted by Gasteiger charge is 2.11. The second-order valence-electron chi connectivity index (χ2n) is 4.68. The first-order chi connectivity index (χ1) is 8.94. The standard InChI is InChI=1S/C15H15F2NO/c1-9-3-12(4-10(2)18-9)15(19)7-11-5-13(16)8-14(17)6-11/h3-6,8,15,19H,7H2,1-2H3. The Hall–Kier alpha value is -1.81. The van der Waals surface area contributed by atoms with E-state index in [9.17, 15) is 13.9 Å². The predicted octanol–water partition coefficient (Wildman–Crippen LogP) is 3.25. The molecule has 4 heteroatoms. The first-order valence-corrected chi connectivity index (χ1v) is 6.02. The molecule has 1 N–H and O–H groups in total. The van der Waals surface area contributed by atoms with Crippen molar-refractivity contribution in [2.75, 3.05) is 0 Å². The van der Waals surface area contributed by atoms with E-state index in [4.69, 9.17) is 0 Å². The molecule has 0 amide bonds. The molecule has 0 aliphatic carbocycles. The Kier molecular flexibility index (Phi) is 3.90. The van der Waals surface area contributed by atoms with Gasteiger partial charge in [0.05, 0.1) is 6.10 Å². The molecule has 1 aromatic heterocycles. The van der Waals surface area contributed by atoms with Gasteiger partial charge in [-0.05, 0) is 49.2 Å². The maximum Gasteiger partial charge on any atom is 0.126 e. The number of aliphatic hydroxyl groups excluding tert-OH is 1. The summed E-state index contributed by atoms with van der Waals surface area (Å²) < 4.78 is 26.2. The number of halogens is 2. The maximum atomic E-state index is 13.1. The molecule has 0 bridgehead atoms. The summed E-state index contributed by atoms with van der Waals surface area (Å²) in [7, 11) is 0. The lowest BCUT2D eigenvalue weighted by molar-refractivity contribution is 0.178. The Morgan fingerprint density at radius 2 is 1.53 bits per heavy atom. The van der Waals surface area contributed by atoms with Crippen LogP contribution >= 0.6 is 0 Å². The number of aromatic nitrogens is 1. The average molecular weight is 263 g/mol. The topological polar surface area (TPSA) is 33.1 Å². The molecule has 0 saturated carbocycles. The second-order valence-corrected chi connectivity index (χ2v) is 4.68. The van der Waals surface area contributed by atoms with E-state index in [0.29, 0.717) is 11.1 Å². The quantitative estimate of drug-likeness (QED) is 0.922. The van der Waals surface area contributed by atoms with Crippen LogP contribution in [0, 0.1) is 25.5 Å². The van der Waals surface area contributed by atoms with Crippen LogP contribution < -0.4 is 0 Å². The molecular formula is C15H15F2NO. The van der Waals surface area contributed by atoms with Crippen molar-refractivity contribution in [2.45, 2.75) is 26.4 Å². The first-order valence-electron chi connectivity index (χ1n) is 6.02. The molecule has 0 radical (unpaired) electrons. The normalized spacial score (nSPS) is 12.5. The van der Waals surface area contributed by atoms with Crippen LogP contribution in [0.25, 0.3) is 0 Å². The van der Waals surface area contributed by atoms with Crippen LogP contribution in [0.4, 0.5) is 8.78 Å². The fourth-order valence-electron chi connectivity index (χ4n) is 2.13. The van der Waals surface area contributed by atoms with Gasteiger partial charge in [-0.25, -0.2) is 8.78 Å². The second kappa shape index (κ2) is 5.45. The highest BCUT2D eigenvalue weighted by molar-refractivity contribution is 5.26. The lowest BCUT2D eigenvalue weighted by Crippen LogP contribution is -2.04. The number of aryl methyl sites for hydroxylation is 2. The molecule has 19 heavy (non-hydrogen) atoms. The Morgan fingerprint density at radius 3 is 2.05 bits per heavy atom. The van der Waals surface area contributed by atoms with Crippen LogP contribution in [0.3, 0.4) is 0 Å². The largest absolute Gasteiger partial charge is 0.388 e. The number of rotatable bonds is 3. The number of benzene rings is 1. The Balaban J connectivity index is 2.22. The van der Waals surface area contributed by atoms with Crippen LogP contribution in [0.2, 0.25) is 0 Å². The van der Waals surface area contributed by atoms with E-state index in [1.807, 2.05) is 13.8 Å². The first kappa shape index (κ1) is 13.6. The predicted molar refractivity (Wildman–Crippen MR) is 68.7 cm³/mol. The van der Waals surface area contributed by atoms with Gasteiger partial charge < -0.3 is 5.11 Å². The highest BCUT2D eigenvalue weighted by atomic mass is 19.1. The van der Waals surface area contributed by atoms with Gasteiger partial charge in [0.2, 0.25) is 0 Å². The van der Waals surface area contributed by atoms with Gasteiger partial charge in [-0.2, -0.15) is 0 Å². The molecule has 100 valence electrons. The van der Waals surface area contributed by atoms with E-state index in [0.717, 1.165) is 17.5 Å². The number of aliphatic hydroxyl groups is 1. The van der Waals surface area contributed by atoms with E-state index in [1.54, 1.807) is 12.1 Å². The van der Waals surface area contributed by atoms with Crippen molar-refractivity contribution in [1.29, 1.82) is 0 Å². The van der Waals surface area contributed by atoms with Crippen molar-refractivity contribution >= 4 is 0 Å². The van der Waals surface area contributed by atoms with Crippen molar-refractivity contribution in [2.24, 2.45) is 0 Å². The van der Waals surface area contributed by atoms with Crippen molar-refractivity contribution in [3.63, 3.8) is 0 Å². The molecule has 2 rings (SSSR count). The van der Waals surface area contributed by atoms with Gasteiger partial charge in [0, 0.05) is 23.9 Å². The van der Waals surface area contributed by atoms with E-state index >= 15 is 0 Å². The van der Waals surface area contributed by atoms with Crippen LogP contribution in [-0.4, -0.2) is 10.1 Å². The zero-order valence-corrected chi connectivity index (χ0v) is 10.8. The number of hydrogen-bond donors (Lipinski definition) is 1. The fraction of sp³-hybridized carbons (Fsp3) is 0.267. The minimum atomic E-state index is -0.804. The van der Waals surface area contributed by atoms with Crippen LogP contribution in [0.5, 0.6) is 0 Å². The third-order valence-corrected chi connectivity index (χ3v) is 2.84. The van der Waals surface area contributed by atoms with Crippen molar-refractivity contribution in [3.8, 4) is 0 Å². The molecule has 2 nitrogen and oxygen atoms in total. The number of pyridine rings is 1. The Morgan fingerprint density at radius 1 is 1.00 bits per heavy atom. The van der Waals surface area contributed by atoms with Crippen LogP contribution in [-0.2, 0) is 6.42 Å². The molecular weight excluding hydrogens is 248 g/mol. The van der Waals surface area contributed by atoms with Gasteiger partial charge in [0.1, 0.15) is 11.6 Å². The third-order valence-electron chi connectivity index (χ3n) is 2.84. The zero-order valence-electron chi connectivity index (χ0n) is 10.8. The molecule has 0 fully saturated rings. The fourth-order valence-corrected chi connectivity index (χ4v) is 2.13. The molecule has 1 heterocycles. The average Bonchev–Trinajstić information content (AvgIpc) is 2.25. The van der Waals surface area contributed by atoms with Crippen molar-refractivity contribution < 1.29 is 13.9 Å². The lowest BCUT2D eigenvalue weighted by Gasteiger charge is -2.12. The molecule has 1 aromatic carbocycles. The lowest BCUT2D eigenvalue weighted by atomic mass is 10.0. The van der Waals surface area contributed by atoms with Gasteiger partial charge in [-0.3, -0.25) is 4.98 Å². The molecule has 0 saturated heterocycles.